The smallest absolute Gasteiger partial charge is 0.00131 e. The molecular formula is C12H23N. The molecule has 1 nitrogen and oxygen atoms in total. The summed E-state index contributed by atoms with van der Waals surface area (Å²) in [5.74, 6) is 4.05. The van der Waals surface area contributed by atoms with Crippen LogP contribution < -0.4 is 5.73 Å². The SMILES string of the molecule is CC(N)CC(C)C1CC2CCC1C2. The second-order valence-electron chi connectivity index (χ2n) is 5.53. The predicted molar refractivity (Wildman–Crippen MR) is 56.4 cm³/mol. The number of hydrogen-bond donors (Lipinski definition) is 1. The summed E-state index contributed by atoms with van der Waals surface area (Å²) in [5, 5.41) is 0. The number of hydrogen-bond acceptors (Lipinski definition) is 1. The van der Waals surface area contributed by atoms with Gasteiger partial charge in [-0.1, -0.05) is 13.3 Å². The van der Waals surface area contributed by atoms with Crippen LogP contribution in [0.1, 0.15) is 46.0 Å². The topological polar surface area (TPSA) is 26.0 Å². The molecule has 0 radical (unpaired) electrons. The van der Waals surface area contributed by atoms with Gasteiger partial charge in [-0.3, -0.25) is 0 Å². The molecular weight excluding hydrogens is 158 g/mol. The first kappa shape index (κ1) is 9.51. The molecule has 0 amide bonds. The van der Waals surface area contributed by atoms with Crippen molar-refractivity contribution in [2.75, 3.05) is 0 Å². The van der Waals surface area contributed by atoms with Crippen LogP contribution in [-0.2, 0) is 0 Å². The second-order valence-corrected chi connectivity index (χ2v) is 5.53. The zero-order valence-electron chi connectivity index (χ0n) is 9.00. The first-order valence-electron chi connectivity index (χ1n) is 5.92. The van der Waals surface area contributed by atoms with Gasteiger partial charge in [-0.25, -0.2) is 0 Å². The molecule has 1 heteroatoms. The van der Waals surface area contributed by atoms with Crippen LogP contribution in [0.3, 0.4) is 0 Å². The lowest BCUT2D eigenvalue weighted by atomic mass is 9.78. The van der Waals surface area contributed by atoms with Crippen LogP contribution in [0.15, 0.2) is 0 Å². The minimum atomic E-state index is 0.397. The molecule has 0 aromatic heterocycles. The molecule has 2 bridgehead atoms. The Morgan fingerprint density at radius 1 is 1.23 bits per heavy atom. The van der Waals surface area contributed by atoms with Crippen molar-refractivity contribution in [3.8, 4) is 0 Å². The van der Waals surface area contributed by atoms with Gasteiger partial charge in [-0.05, 0) is 56.3 Å². The largest absolute Gasteiger partial charge is 0.328 e. The van der Waals surface area contributed by atoms with Crippen LogP contribution in [0.25, 0.3) is 0 Å². The first-order chi connectivity index (χ1) is 6.16. The van der Waals surface area contributed by atoms with Gasteiger partial charge in [0.05, 0.1) is 0 Å². The summed E-state index contributed by atoms with van der Waals surface area (Å²) in [6, 6.07) is 0.397. The van der Waals surface area contributed by atoms with Gasteiger partial charge in [-0.15, -0.1) is 0 Å². The molecule has 5 atom stereocenters. The number of nitrogens with two attached hydrogens (primary N) is 1. The van der Waals surface area contributed by atoms with E-state index in [0.717, 1.165) is 23.7 Å². The third-order valence-electron chi connectivity index (χ3n) is 4.27. The second kappa shape index (κ2) is 3.61. The average molecular weight is 181 g/mol. The highest BCUT2D eigenvalue weighted by atomic mass is 14.6. The molecule has 13 heavy (non-hydrogen) atoms. The molecule has 2 aliphatic rings. The van der Waals surface area contributed by atoms with Crippen molar-refractivity contribution in [2.24, 2.45) is 29.4 Å². The predicted octanol–water partition coefficient (Wildman–Crippen LogP) is 2.80. The Hall–Kier alpha value is -0.0400. The van der Waals surface area contributed by atoms with E-state index < -0.39 is 0 Å². The zero-order valence-corrected chi connectivity index (χ0v) is 9.00. The van der Waals surface area contributed by atoms with Crippen molar-refractivity contribution in [3.63, 3.8) is 0 Å². The maximum Gasteiger partial charge on any atom is 0.00131 e. The van der Waals surface area contributed by atoms with E-state index in [1.165, 1.54) is 32.1 Å². The maximum absolute atomic E-state index is 5.86. The highest BCUT2D eigenvalue weighted by Crippen LogP contribution is 2.51. The lowest BCUT2D eigenvalue weighted by Crippen LogP contribution is -2.25. The first-order valence-corrected chi connectivity index (χ1v) is 5.92. The molecule has 0 saturated heterocycles. The lowest BCUT2D eigenvalue weighted by molar-refractivity contribution is 0.224. The lowest BCUT2D eigenvalue weighted by Gasteiger charge is -2.28. The molecule has 76 valence electrons. The minimum absolute atomic E-state index is 0.397. The summed E-state index contributed by atoms with van der Waals surface area (Å²) in [4.78, 5) is 0. The van der Waals surface area contributed by atoms with Crippen LogP contribution in [0.5, 0.6) is 0 Å². The third kappa shape index (κ3) is 1.90. The summed E-state index contributed by atoms with van der Waals surface area (Å²) < 4.78 is 0. The molecule has 0 aromatic rings. The van der Waals surface area contributed by atoms with Crippen LogP contribution in [0, 0.1) is 23.7 Å². The molecule has 2 saturated carbocycles. The third-order valence-corrected chi connectivity index (χ3v) is 4.27. The molecule has 2 rings (SSSR count). The molecule has 0 heterocycles. The van der Waals surface area contributed by atoms with Crippen LogP contribution in [-0.4, -0.2) is 6.04 Å². The van der Waals surface area contributed by atoms with E-state index in [1.807, 2.05) is 0 Å². The highest BCUT2D eigenvalue weighted by molar-refractivity contribution is 4.92. The summed E-state index contributed by atoms with van der Waals surface area (Å²) in [6.07, 6.45) is 7.31. The number of fused-ring (bicyclic) bond motifs is 2. The molecule has 5 unspecified atom stereocenters. The summed E-state index contributed by atoms with van der Waals surface area (Å²) >= 11 is 0. The number of rotatable bonds is 3. The zero-order chi connectivity index (χ0) is 9.42. The van der Waals surface area contributed by atoms with Gasteiger partial charge < -0.3 is 5.73 Å². The van der Waals surface area contributed by atoms with E-state index in [2.05, 4.69) is 13.8 Å². The molecule has 0 aliphatic heterocycles. The molecule has 2 N–H and O–H groups in total. The van der Waals surface area contributed by atoms with Crippen molar-refractivity contribution in [1.29, 1.82) is 0 Å². The molecule has 0 aromatic carbocycles. The van der Waals surface area contributed by atoms with E-state index in [1.54, 1.807) is 0 Å². The molecule has 2 fully saturated rings. The Bertz CT molecular complexity index is 176. The Labute approximate surface area is 82.1 Å². The van der Waals surface area contributed by atoms with Crippen molar-refractivity contribution in [2.45, 2.75) is 52.0 Å². The van der Waals surface area contributed by atoms with Crippen LogP contribution >= 0.6 is 0 Å². The Morgan fingerprint density at radius 3 is 2.46 bits per heavy atom. The van der Waals surface area contributed by atoms with Crippen LogP contribution in [0.2, 0.25) is 0 Å². The monoisotopic (exact) mass is 181 g/mol. The minimum Gasteiger partial charge on any atom is -0.328 e. The summed E-state index contributed by atoms with van der Waals surface area (Å²) in [6.45, 7) is 4.55. The standard InChI is InChI=1S/C12H23N/c1-8(5-9(2)13)12-7-10-3-4-11(12)6-10/h8-12H,3-7,13H2,1-2H3. The van der Waals surface area contributed by atoms with E-state index in [0.29, 0.717) is 6.04 Å². The quantitative estimate of drug-likeness (QED) is 0.712. The van der Waals surface area contributed by atoms with Gasteiger partial charge in [-0.2, -0.15) is 0 Å². The molecule has 2 aliphatic carbocycles. The Kier molecular flexibility index (Phi) is 2.64. The Morgan fingerprint density at radius 2 is 2.00 bits per heavy atom. The van der Waals surface area contributed by atoms with Gasteiger partial charge in [0.2, 0.25) is 0 Å². The maximum atomic E-state index is 5.86. The van der Waals surface area contributed by atoms with Crippen molar-refractivity contribution >= 4 is 0 Å². The van der Waals surface area contributed by atoms with Gasteiger partial charge in [0.1, 0.15) is 0 Å². The fraction of sp³-hybridized carbons (Fsp3) is 1.00. The summed E-state index contributed by atoms with van der Waals surface area (Å²) in [5.41, 5.74) is 5.86. The van der Waals surface area contributed by atoms with Gasteiger partial charge in [0.15, 0.2) is 0 Å². The average Bonchev–Trinajstić information content (AvgIpc) is 2.62. The van der Waals surface area contributed by atoms with Crippen LogP contribution in [0.4, 0.5) is 0 Å². The Balaban J connectivity index is 1.87. The van der Waals surface area contributed by atoms with E-state index in [9.17, 15) is 0 Å². The fourth-order valence-electron chi connectivity index (χ4n) is 3.75. The van der Waals surface area contributed by atoms with E-state index in [-0.39, 0.29) is 0 Å². The summed E-state index contributed by atoms with van der Waals surface area (Å²) in [7, 11) is 0. The van der Waals surface area contributed by atoms with E-state index in [4.69, 9.17) is 5.73 Å². The molecule has 0 spiro atoms. The van der Waals surface area contributed by atoms with Gasteiger partial charge in [0, 0.05) is 6.04 Å². The van der Waals surface area contributed by atoms with Crippen molar-refractivity contribution < 1.29 is 0 Å². The van der Waals surface area contributed by atoms with Crippen molar-refractivity contribution in [1.82, 2.24) is 0 Å². The van der Waals surface area contributed by atoms with Gasteiger partial charge in [0.25, 0.3) is 0 Å². The van der Waals surface area contributed by atoms with Crippen molar-refractivity contribution in [3.05, 3.63) is 0 Å². The highest BCUT2D eigenvalue weighted by Gasteiger charge is 2.41. The normalized spacial score (nSPS) is 42.2. The van der Waals surface area contributed by atoms with E-state index >= 15 is 0 Å². The van der Waals surface area contributed by atoms with Gasteiger partial charge >= 0.3 is 0 Å². The fourth-order valence-corrected chi connectivity index (χ4v) is 3.75.